The van der Waals surface area contributed by atoms with Gasteiger partial charge in [-0.05, 0) is 36.4 Å². The molecule has 0 unspecified atom stereocenters. The third-order valence-corrected chi connectivity index (χ3v) is 3.80. The summed E-state index contributed by atoms with van der Waals surface area (Å²) in [5.74, 6) is -1.62. The molecular formula is C14H11ClF2N2OS. The number of hydrogen-bond donors (Lipinski definition) is 2. The standard InChI is InChI=1S/C14H11ClF2N2OS/c15-8-1-3-12(10(16)5-8)19-14(20)7-21-13-4-2-9(18)6-11(13)17/h1-6H,7,18H2,(H,19,20). The van der Waals surface area contributed by atoms with E-state index in [1.807, 2.05) is 0 Å². The van der Waals surface area contributed by atoms with Crippen LogP contribution in [0, 0.1) is 11.6 Å². The number of nitrogen functional groups attached to an aromatic ring is 1. The van der Waals surface area contributed by atoms with Crippen LogP contribution < -0.4 is 11.1 Å². The fraction of sp³-hybridized carbons (Fsp3) is 0.0714. The highest BCUT2D eigenvalue weighted by atomic mass is 35.5. The molecule has 2 rings (SSSR count). The highest BCUT2D eigenvalue weighted by molar-refractivity contribution is 8.00. The van der Waals surface area contributed by atoms with Crippen LogP contribution in [0.25, 0.3) is 0 Å². The summed E-state index contributed by atoms with van der Waals surface area (Å²) in [6.45, 7) is 0. The van der Waals surface area contributed by atoms with Gasteiger partial charge in [0.05, 0.1) is 11.4 Å². The van der Waals surface area contributed by atoms with Gasteiger partial charge in [0.2, 0.25) is 5.91 Å². The summed E-state index contributed by atoms with van der Waals surface area (Å²) in [7, 11) is 0. The Labute approximate surface area is 129 Å². The van der Waals surface area contributed by atoms with E-state index in [1.54, 1.807) is 6.07 Å². The number of nitrogens with one attached hydrogen (secondary N) is 1. The van der Waals surface area contributed by atoms with E-state index in [4.69, 9.17) is 17.3 Å². The summed E-state index contributed by atoms with van der Waals surface area (Å²) in [5, 5.41) is 2.64. The minimum Gasteiger partial charge on any atom is -0.399 e. The normalized spacial score (nSPS) is 10.4. The number of rotatable bonds is 4. The van der Waals surface area contributed by atoms with Crippen molar-refractivity contribution >= 4 is 40.6 Å². The molecule has 1 amide bonds. The number of hydrogen-bond acceptors (Lipinski definition) is 3. The topological polar surface area (TPSA) is 55.1 Å². The molecule has 0 saturated heterocycles. The predicted octanol–water partition coefficient (Wildman–Crippen LogP) is 3.93. The molecule has 0 saturated carbocycles. The SMILES string of the molecule is Nc1ccc(SCC(=O)Nc2ccc(Cl)cc2F)c(F)c1. The average molecular weight is 329 g/mol. The van der Waals surface area contributed by atoms with Crippen molar-refractivity contribution < 1.29 is 13.6 Å². The predicted molar refractivity (Wildman–Crippen MR) is 81.6 cm³/mol. The first kappa shape index (κ1) is 15.6. The molecule has 7 heteroatoms. The number of carbonyl (C=O) groups excluding carboxylic acids is 1. The van der Waals surface area contributed by atoms with Crippen LogP contribution in [0.15, 0.2) is 41.3 Å². The van der Waals surface area contributed by atoms with Crippen LogP contribution in [0.4, 0.5) is 20.2 Å². The molecule has 3 nitrogen and oxygen atoms in total. The number of benzene rings is 2. The van der Waals surface area contributed by atoms with Crippen molar-refractivity contribution in [3.05, 3.63) is 53.1 Å². The highest BCUT2D eigenvalue weighted by Gasteiger charge is 2.10. The van der Waals surface area contributed by atoms with E-state index in [-0.39, 0.29) is 16.5 Å². The van der Waals surface area contributed by atoms with Crippen molar-refractivity contribution in [1.82, 2.24) is 0 Å². The molecule has 2 aromatic rings. The minimum atomic E-state index is -0.625. The number of carbonyl (C=O) groups is 1. The first-order chi connectivity index (χ1) is 9.95. The van der Waals surface area contributed by atoms with E-state index in [2.05, 4.69) is 5.32 Å². The van der Waals surface area contributed by atoms with Gasteiger partial charge in [-0.25, -0.2) is 8.78 Å². The Kier molecular flexibility index (Phi) is 5.03. The molecule has 0 spiro atoms. The summed E-state index contributed by atoms with van der Waals surface area (Å²) >= 11 is 6.62. The number of amides is 1. The molecule has 2 aromatic carbocycles. The van der Waals surface area contributed by atoms with Crippen molar-refractivity contribution in [1.29, 1.82) is 0 Å². The fourth-order valence-corrected chi connectivity index (χ4v) is 2.43. The lowest BCUT2D eigenvalue weighted by Gasteiger charge is -2.07. The van der Waals surface area contributed by atoms with Gasteiger partial charge in [-0.3, -0.25) is 4.79 Å². The zero-order valence-corrected chi connectivity index (χ0v) is 12.3. The molecule has 0 aliphatic rings. The van der Waals surface area contributed by atoms with Crippen LogP contribution in [0.3, 0.4) is 0 Å². The summed E-state index contributed by atoms with van der Waals surface area (Å²) in [5.41, 5.74) is 5.77. The van der Waals surface area contributed by atoms with Crippen LogP contribution in [-0.2, 0) is 4.79 Å². The molecule has 0 bridgehead atoms. The van der Waals surface area contributed by atoms with E-state index in [0.717, 1.165) is 17.8 Å². The first-order valence-corrected chi connectivity index (χ1v) is 7.25. The van der Waals surface area contributed by atoms with E-state index < -0.39 is 17.5 Å². The number of nitrogens with two attached hydrogens (primary N) is 1. The molecule has 110 valence electrons. The molecule has 0 aliphatic heterocycles. The van der Waals surface area contributed by atoms with Gasteiger partial charge in [-0.1, -0.05) is 11.6 Å². The Bertz CT molecular complexity index is 682. The van der Waals surface area contributed by atoms with Crippen molar-refractivity contribution in [2.45, 2.75) is 4.90 Å². The Hall–Kier alpha value is -1.79. The van der Waals surface area contributed by atoms with Crippen LogP contribution in [0.5, 0.6) is 0 Å². The van der Waals surface area contributed by atoms with Gasteiger partial charge < -0.3 is 11.1 Å². The second kappa shape index (κ2) is 6.78. The van der Waals surface area contributed by atoms with Crippen LogP contribution in [-0.4, -0.2) is 11.7 Å². The Morgan fingerprint density at radius 2 is 1.95 bits per heavy atom. The molecule has 0 radical (unpaired) electrons. The third kappa shape index (κ3) is 4.34. The van der Waals surface area contributed by atoms with Crippen LogP contribution in [0.2, 0.25) is 5.02 Å². The fourth-order valence-electron chi connectivity index (χ4n) is 1.55. The lowest BCUT2D eigenvalue weighted by Crippen LogP contribution is -2.15. The van der Waals surface area contributed by atoms with Crippen molar-refractivity contribution in [3.63, 3.8) is 0 Å². The molecule has 3 N–H and O–H groups in total. The van der Waals surface area contributed by atoms with Gasteiger partial charge in [0.15, 0.2) is 0 Å². The van der Waals surface area contributed by atoms with Gasteiger partial charge in [0.1, 0.15) is 11.6 Å². The smallest absolute Gasteiger partial charge is 0.234 e. The summed E-state index contributed by atoms with van der Waals surface area (Å²) in [4.78, 5) is 12.0. The second-order valence-corrected chi connectivity index (χ2v) is 5.60. The molecule has 21 heavy (non-hydrogen) atoms. The van der Waals surface area contributed by atoms with Crippen molar-refractivity contribution in [2.24, 2.45) is 0 Å². The highest BCUT2D eigenvalue weighted by Crippen LogP contribution is 2.24. The number of anilines is 2. The van der Waals surface area contributed by atoms with Gasteiger partial charge in [-0.15, -0.1) is 11.8 Å². The minimum absolute atomic E-state index is 0.0304. The molecule has 0 heterocycles. The zero-order valence-electron chi connectivity index (χ0n) is 10.7. The Morgan fingerprint density at radius 3 is 2.62 bits per heavy atom. The monoisotopic (exact) mass is 328 g/mol. The number of thioether (sulfide) groups is 1. The quantitative estimate of drug-likeness (QED) is 0.660. The first-order valence-electron chi connectivity index (χ1n) is 5.88. The Morgan fingerprint density at radius 1 is 1.19 bits per heavy atom. The average Bonchev–Trinajstić information content (AvgIpc) is 2.41. The third-order valence-electron chi connectivity index (χ3n) is 2.52. The maximum absolute atomic E-state index is 13.5. The summed E-state index contributed by atoms with van der Waals surface area (Å²) < 4.78 is 27.0. The molecule has 0 aromatic heterocycles. The maximum atomic E-state index is 13.5. The molecule has 0 atom stereocenters. The molecule has 0 aliphatic carbocycles. The number of halogens is 3. The Balaban J connectivity index is 1.96. The van der Waals surface area contributed by atoms with Crippen LogP contribution >= 0.6 is 23.4 Å². The van der Waals surface area contributed by atoms with E-state index in [0.29, 0.717) is 10.6 Å². The van der Waals surface area contributed by atoms with Gasteiger partial charge >= 0.3 is 0 Å². The summed E-state index contributed by atoms with van der Waals surface area (Å²) in [6, 6.07) is 8.15. The maximum Gasteiger partial charge on any atom is 0.234 e. The lowest BCUT2D eigenvalue weighted by atomic mass is 10.3. The molecular weight excluding hydrogens is 318 g/mol. The van der Waals surface area contributed by atoms with Crippen molar-refractivity contribution in [3.8, 4) is 0 Å². The van der Waals surface area contributed by atoms with Crippen molar-refractivity contribution in [2.75, 3.05) is 16.8 Å². The van der Waals surface area contributed by atoms with E-state index >= 15 is 0 Å². The molecule has 0 fully saturated rings. The largest absolute Gasteiger partial charge is 0.399 e. The van der Waals surface area contributed by atoms with Gasteiger partial charge in [-0.2, -0.15) is 0 Å². The van der Waals surface area contributed by atoms with E-state index in [1.165, 1.54) is 24.3 Å². The van der Waals surface area contributed by atoms with Gasteiger partial charge in [0.25, 0.3) is 0 Å². The summed E-state index contributed by atoms with van der Waals surface area (Å²) in [6.07, 6.45) is 0. The van der Waals surface area contributed by atoms with Gasteiger partial charge in [0, 0.05) is 15.6 Å². The zero-order chi connectivity index (χ0) is 15.4. The lowest BCUT2D eigenvalue weighted by molar-refractivity contribution is -0.113. The van der Waals surface area contributed by atoms with E-state index in [9.17, 15) is 13.6 Å². The van der Waals surface area contributed by atoms with Crippen LogP contribution in [0.1, 0.15) is 0 Å². The second-order valence-electron chi connectivity index (χ2n) is 4.15.